The lowest BCUT2D eigenvalue weighted by molar-refractivity contribution is -0.121. The van der Waals surface area contributed by atoms with E-state index in [-0.39, 0.29) is 36.3 Å². The van der Waals surface area contributed by atoms with E-state index in [1.54, 1.807) is 46.1 Å². The molecule has 1 N–H and O–H groups in total. The van der Waals surface area contributed by atoms with Gasteiger partial charge in [-0.15, -0.1) is 0 Å². The second-order valence-corrected chi connectivity index (χ2v) is 9.11. The molecule has 2 aliphatic rings. The summed E-state index contributed by atoms with van der Waals surface area (Å²) in [6.45, 7) is 5.15. The van der Waals surface area contributed by atoms with Crippen LogP contribution >= 0.6 is 0 Å². The normalized spacial score (nSPS) is 15.5. The van der Waals surface area contributed by atoms with Crippen molar-refractivity contribution in [3.63, 3.8) is 0 Å². The SMILES string of the molecule is CC(C)c1c(C(=O)N2CCC(C(=O)Nc3ccc4c(c3)OCO4)CC2)cnn1-c1ccc(F)cc1. The number of anilines is 1. The Balaban J connectivity index is 1.24. The Morgan fingerprint density at radius 2 is 1.77 bits per heavy atom. The van der Waals surface area contributed by atoms with Crippen molar-refractivity contribution in [2.24, 2.45) is 5.92 Å². The van der Waals surface area contributed by atoms with E-state index in [0.29, 0.717) is 54.4 Å². The molecule has 9 heteroatoms. The molecule has 2 amide bonds. The van der Waals surface area contributed by atoms with E-state index in [9.17, 15) is 14.0 Å². The molecule has 1 fully saturated rings. The van der Waals surface area contributed by atoms with Gasteiger partial charge in [-0.2, -0.15) is 5.10 Å². The minimum absolute atomic E-state index is 0.0338. The molecule has 2 aromatic carbocycles. The molecule has 3 heterocycles. The van der Waals surface area contributed by atoms with Crippen LogP contribution in [0.1, 0.15) is 48.7 Å². The number of carbonyl (C=O) groups excluding carboxylic acids is 2. The number of rotatable bonds is 5. The highest BCUT2D eigenvalue weighted by molar-refractivity contribution is 5.96. The molecule has 1 aromatic heterocycles. The predicted octanol–water partition coefficient (Wildman–Crippen LogP) is 4.35. The molecule has 0 unspecified atom stereocenters. The third kappa shape index (κ3) is 4.58. The van der Waals surface area contributed by atoms with Gasteiger partial charge in [0, 0.05) is 30.8 Å². The van der Waals surface area contributed by atoms with Crippen LogP contribution in [0.25, 0.3) is 5.69 Å². The minimum Gasteiger partial charge on any atom is -0.454 e. The summed E-state index contributed by atoms with van der Waals surface area (Å²) in [7, 11) is 0. The number of halogens is 1. The second-order valence-electron chi connectivity index (χ2n) is 9.11. The van der Waals surface area contributed by atoms with Gasteiger partial charge < -0.3 is 19.7 Å². The zero-order valence-corrected chi connectivity index (χ0v) is 19.7. The molecule has 5 rings (SSSR count). The third-order valence-electron chi connectivity index (χ3n) is 6.45. The molecule has 3 aromatic rings. The van der Waals surface area contributed by atoms with Crippen LogP contribution in [0.5, 0.6) is 11.5 Å². The highest BCUT2D eigenvalue weighted by Gasteiger charge is 2.31. The number of likely N-dealkylation sites (tertiary alicyclic amines) is 1. The zero-order chi connectivity index (χ0) is 24.5. The Bertz CT molecular complexity index is 1250. The van der Waals surface area contributed by atoms with Gasteiger partial charge in [-0.1, -0.05) is 13.8 Å². The molecule has 2 aliphatic heterocycles. The molecule has 182 valence electrons. The van der Waals surface area contributed by atoms with Crippen molar-refractivity contribution < 1.29 is 23.5 Å². The van der Waals surface area contributed by atoms with Crippen LogP contribution < -0.4 is 14.8 Å². The van der Waals surface area contributed by atoms with E-state index in [4.69, 9.17) is 9.47 Å². The number of ether oxygens (including phenoxy) is 2. The molecule has 1 saturated heterocycles. The van der Waals surface area contributed by atoms with Crippen molar-refractivity contribution in [2.45, 2.75) is 32.6 Å². The van der Waals surface area contributed by atoms with Crippen molar-refractivity contribution in [1.82, 2.24) is 14.7 Å². The van der Waals surface area contributed by atoms with E-state index >= 15 is 0 Å². The predicted molar refractivity (Wildman–Crippen MR) is 127 cm³/mol. The fourth-order valence-corrected chi connectivity index (χ4v) is 4.60. The molecule has 0 aliphatic carbocycles. The standard InChI is InChI=1S/C26H27FN4O4/c1-16(2)24-21(14-28-31(24)20-6-3-18(27)4-7-20)26(33)30-11-9-17(10-12-30)25(32)29-19-5-8-22-23(13-19)35-15-34-22/h3-8,13-14,16-17H,9-12,15H2,1-2H3,(H,29,32). The van der Waals surface area contributed by atoms with E-state index in [1.165, 1.54) is 12.1 Å². The number of piperidine rings is 1. The average molecular weight is 479 g/mol. The molecule has 0 radical (unpaired) electrons. The summed E-state index contributed by atoms with van der Waals surface area (Å²) in [6.07, 6.45) is 2.73. The van der Waals surface area contributed by atoms with E-state index < -0.39 is 0 Å². The van der Waals surface area contributed by atoms with Gasteiger partial charge in [-0.05, 0) is 55.2 Å². The van der Waals surface area contributed by atoms with E-state index in [1.807, 2.05) is 13.8 Å². The molecule has 35 heavy (non-hydrogen) atoms. The maximum absolute atomic E-state index is 13.4. The Labute approximate surface area is 202 Å². The number of carbonyl (C=O) groups is 2. The third-order valence-corrected chi connectivity index (χ3v) is 6.45. The Kier molecular flexibility index (Phi) is 6.15. The zero-order valence-electron chi connectivity index (χ0n) is 19.7. The van der Waals surface area contributed by atoms with Gasteiger partial charge in [0.05, 0.1) is 23.1 Å². The summed E-state index contributed by atoms with van der Waals surface area (Å²) in [5, 5.41) is 7.38. The van der Waals surface area contributed by atoms with Crippen LogP contribution in [-0.4, -0.2) is 46.4 Å². The van der Waals surface area contributed by atoms with Crippen molar-refractivity contribution in [3.8, 4) is 17.2 Å². The Hall–Kier alpha value is -3.88. The monoisotopic (exact) mass is 478 g/mol. The Morgan fingerprint density at radius 3 is 2.49 bits per heavy atom. The van der Waals surface area contributed by atoms with E-state index in [2.05, 4.69) is 10.4 Å². The van der Waals surface area contributed by atoms with Crippen LogP contribution in [0.3, 0.4) is 0 Å². The fraction of sp³-hybridized carbons (Fsp3) is 0.346. The van der Waals surface area contributed by atoms with Gasteiger partial charge in [-0.3, -0.25) is 9.59 Å². The molecule has 0 bridgehead atoms. The van der Waals surface area contributed by atoms with Crippen molar-refractivity contribution >= 4 is 17.5 Å². The van der Waals surface area contributed by atoms with Crippen LogP contribution in [-0.2, 0) is 4.79 Å². The summed E-state index contributed by atoms with van der Waals surface area (Å²) in [5.74, 6) is 0.639. The quantitative estimate of drug-likeness (QED) is 0.589. The summed E-state index contributed by atoms with van der Waals surface area (Å²) in [5.41, 5.74) is 2.68. The van der Waals surface area contributed by atoms with Crippen LogP contribution in [0.4, 0.5) is 10.1 Å². The highest BCUT2D eigenvalue weighted by Crippen LogP contribution is 2.34. The largest absolute Gasteiger partial charge is 0.454 e. The number of aromatic nitrogens is 2. The maximum atomic E-state index is 13.4. The fourth-order valence-electron chi connectivity index (χ4n) is 4.60. The van der Waals surface area contributed by atoms with Gasteiger partial charge in [-0.25, -0.2) is 9.07 Å². The molecule has 0 atom stereocenters. The maximum Gasteiger partial charge on any atom is 0.257 e. The molecule has 8 nitrogen and oxygen atoms in total. The van der Waals surface area contributed by atoms with Gasteiger partial charge in [0.2, 0.25) is 12.7 Å². The van der Waals surface area contributed by atoms with Gasteiger partial charge in [0.25, 0.3) is 5.91 Å². The molecular weight excluding hydrogens is 451 g/mol. The van der Waals surface area contributed by atoms with Crippen LogP contribution in [0, 0.1) is 11.7 Å². The summed E-state index contributed by atoms with van der Waals surface area (Å²) >= 11 is 0. The topological polar surface area (TPSA) is 85.7 Å². The second kappa shape index (κ2) is 9.40. The first-order valence-electron chi connectivity index (χ1n) is 11.7. The number of fused-ring (bicyclic) bond motifs is 1. The summed E-state index contributed by atoms with van der Waals surface area (Å²) in [6, 6.07) is 11.4. The summed E-state index contributed by atoms with van der Waals surface area (Å²) < 4.78 is 25.7. The van der Waals surface area contributed by atoms with Crippen molar-refractivity contribution in [1.29, 1.82) is 0 Å². The first-order valence-corrected chi connectivity index (χ1v) is 11.7. The van der Waals surface area contributed by atoms with Crippen molar-refractivity contribution in [2.75, 3.05) is 25.2 Å². The molecular formula is C26H27FN4O4. The van der Waals surface area contributed by atoms with Gasteiger partial charge >= 0.3 is 0 Å². The first-order chi connectivity index (χ1) is 16.9. The number of hydrogen-bond donors (Lipinski definition) is 1. The molecule has 0 spiro atoms. The smallest absolute Gasteiger partial charge is 0.257 e. The van der Waals surface area contributed by atoms with Gasteiger partial charge in [0.1, 0.15) is 5.82 Å². The van der Waals surface area contributed by atoms with Crippen molar-refractivity contribution in [3.05, 3.63) is 65.7 Å². The minimum atomic E-state index is -0.325. The molecule has 0 saturated carbocycles. The number of amides is 2. The van der Waals surface area contributed by atoms with Gasteiger partial charge in [0.15, 0.2) is 11.5 Å². The lowest BCUT2D eigenvalue weighted by atomic mass is 9.95. The average Bonchev–Trinajstić information content (AvgIpc) is 3.51. The lowest BCUT2D eigenvalue weighted by Gasteiger charge is -2.31. The highest BCUT2D eigenvalue weighted by atomic mass is 19.1. The number of nitrogens with zero attached hydrogens (tertiary/aromatic N) is 3. The van der Waals surface area contributed by atoms with Crippen LogP contribution in [0.2, 0.25) is 0 Å². The number of benzene rings is 2. The summed E-state index contributed by atoms with van der Waals surface area (Å²) in [4.78, 5) is 28.0. The van der Waals surface area contributed by atoms with Crippen LogP contribution in [0.15, 0.2) is 48.7 Å². The number of hydrogen-bond acceptors (Lipinski definition) is 5. The first kappa shape index (κ1) is 22.9. The van der Waals surface area contributed by atoms with E-state index in [0.717, 1.165) is 5.69 Å². The lowest BCUT2D eigenvalue weighted by Crippen LogP contribution is -2.41. The Morgan fingerprint density at radius 1 is 1.06 bits per heavy atom. The number of nitrogens with one attached hydrogen (secondary N) is 1.